The molecule has 0 unspecified atom stereocenters. The second kappa shape index (κ2) is 12.0. The molecule has 0 spiro atoms. The highest BCUT2D eigenvalue weighted by atomic mass is 19.2. The molecule has 4 rings (SSSR count). The summed E-state index contributed by atoms with van der Waals surface area (Å²) in [4.78, 5) is 0. The van der Waals surface area contributed by atoms with Crippen molar-refractivity contribution >= 4 is 0 Å². The van der Waals surface area contributed by atoms with Crippen molar-refractivity contribution in [1.29, 1.82) is 0 Å². The molecular formula is C30H37F3O2. The van der Waals surface area contributed by atoms with Crippen LogP contribution in [0.2, 0.25) is 0 Å². The molecule has 0 bridgehead atoms. The summed E-state index contributed by atoms with van der Waals surface area (Å²) in [6, 6.07) is 8.41. The summed E-state index contributed by atoms with van der Waals surface area (Å²) in [5, 5.41) is 0. The summed E-state index contributed by atoms with van der Waals surface area (Å²) in [6.45, 7) is 4.76. The van der Waals surface area contributed by atoms with Gasteiger partial charge in [-0.3, -0.25) is 0 Å². The maximum Gasteiger partial charge on any atom is 0.200 e. The van der Waals surface area contributed by atoms with Gasteiger partial charge in [-0.1, -0.05) is 24.3 Å². The molecule has 0 N–H and O–H groups in total. The zero-order valence-electron chi connectivity index (χ0n) is 20.9. The first-order valence-corrected chi connectivity index (χ1v) is 13.2. The lowest BCUT2D eigenvalue weighted by atomic mass is 9.78. The van der Waals surface area contributed by atoms with Gasteiger partial charge in [-0.25, -0.2) is 8.78 Å². The van der Waals surface area contributed by atoms with Gasteiger partial charge in [0.1, 0.15) is 11.6 Å². The van der Waals surface area contributed by atoms with Crippen LogP contribution in [0.5, 0.6) is 11.5 Å². The fourth-order valence-electron chi connectivity index (χ4n) is 5.81. The number of rotatable bonds is 8. The van der Waals surface area contributed by atoms with Crippen molar-refractivity contribution in [2.45, 2.75) is 77.0 Å². The van der Waals surface area contributed by atoms with Crippen molar-refractivity contribution in [2.24, 2.45) is 11.8 Å². The molecular weight excluding hydrogens is 449 g/mol. The number of ether oxygens (including phenoxy) is 2. The Bertz CT molecular complexity index is 1000. The minimum absolute atomic E-state index is 0.00599. The van der Waals surface area contributed by atoms with Crippen molar-refractivity contribution in [2.75, 3.05) is 13.2 Å². The summed E-state index contributed by atoms with van der Waals surface area (Å²) >= 11 is 0. The normalized spacial score (nSPS) is 25.1. The van der Waals surface area contributed by atoms with Gasteiger partial charge in [0.2, 0.25) is 5.82 Å². The van der Waals surface area contributed by atoms with Gasteiger partial charge >= 0.3 is 0 Å². The van der Waals surface area contributed by atoms with Gasteiger partial charge in [0, 0.05) is 6.07 Å². The van der Waals surface area contributed by atoms with E-state index in [-0.39, 0.29) is 29.3 Å². The zero-order chi connectivity index (χ0) is 24.8. The van der Waals surface area contributed by atoms with Crippen LogP contribution in [0.3, 0.4) is 0 Å². The highest BCUT2D eigenvalue weighted by Crippen LogP contribution is 2.40. The van der Waals surface area contributed by atoms with Gasteiger partial charge in [-0.15, -0.1) is 0 Å². The Balaban J connectivity index is 1.29. The van der Waals surface area contributed by atoms with E-state index in [0.717, 1.165) is 56.9 Å². The molecule has 190 valence electrons. The molecule has 0 amide bonds. The maximum atomic E-state index is 14.9. The molecule has 0 aromatic heterocycles. The van der Waals surface area contributed by atoms with Crippen LogP contribution < -0.4 is 9.47 Å². The fraction of sp³-hybridized carbons (Fsp3) is 0.533. The van der Waals surface area contributed by atoms with Crippen molar-refractivity contribution in [3.8, 4) is 11.5 Å². The average Bonchev–Trinajstić information content (AvgIpc) is 2.87. The Kier molecular flexibility index (Phi) is 8.80. The summed E-state index contributed by atoms with van der Waals surface area (Å²) in [7, 11) is 0. The van der Waals surface area contributed by atoms with Crippen LogP contribution in [0.4, 0.5) is 13.2 Å². The van der Waals surface area contributed by atoms with E-state index in [0.29, 0.717) is 30.4 Å². The first-order chi connectivity index (χ1) is 17.0. The largest absolute Gasteiger partial charge is 0.494 e. The van der Waals surface area contributed by atoms with Crippen LogP contribution >= 0.6 is 0 Å². The average molecular weight is 487 g/mol. The molecule has 35 heavy (non-hydrogen) atoms. The molecule has 5 heteroatoms. The predicted molar refractivity (Wildman–Crippen MR) is 134 cm³/mol. The quantitative estimate of drug-likeness (QED) is 0.347. The SMILES string of the molecule is C/C=C/C1CCC(c2ccc(OCC3CCC(c4ccc(OCC)cc4F)CC3)c(F)c2F)CC1. The molecule has 2 fully saturated rings. The first-order valence-electron chi connectivity index (χ1n) is 13.2. The van der Waals surface area contributed by atoms with Crippen LogP contribution in [0.15, 0.2) is 42.5 Å². The van der Waals surface area contributed by atoms with Crippen LogP contribution in [0.25, 0.3) is 0 Å². The standard InChI is InChI=1S/C30H37F3O2/c1-3-5-20-6-10-23(11-7-20)26-16-17-28(30(33)29(26)32)35-19-21-8-12-22(13-9-21)25-15-14-24(34-4-2)18-27(25)31/h3,5,14-18,20-23H,4,6-13,19H2,1-2H3/b5-3+. The van der Waals surface area contributed by atoms with Gasteiger partial charge in [0.25, 0.3) is 0 Å². The smallest absolute Gasteiger partial charge is 0.200 e. The summed E-state index contributed by atoms with van der Waals surface area (Å²) < 4.78 is 55.4. The Hall–Kier alpha value is -2.43. The fourth-order valence-corrected chi connectivity index (χ4v) is 5.81. The molecule has 0 atom stereocenters. The van der Waals surface area contributed by atoms with E-state index in [1.807, 2.05) is 26.0 Å². The van der Waals surface area contributed by atoms with Gasteiger partial charge < -0.3 is 9.47 Å². The Morgan fingerprint density at radius 2 is 1.46 bits per heavy atom. The van der Waals surface area contributed by atoms with Gasteiger partial charge in [-0.2, -0.15) is 4.39 Å². The van der Waals surface area contributed by atoms with Crippen molar-refractivity contribution in [3.05, 3.63) is 71.1 Å². The van der Waals surface area contributed by atoms with Gasteiger partial charge in [0.05, 0.1) is 13.2 Å². The molecule has 2 aliphatic carbocycles. The monoisotopic (exact) mass is 486 g/mol. The molecule has 0 aliphatic heterocycles. The molecule has 0 heterocycles. The second-order valence-electron chi connectivity index (χ2n) is 10.1. The number of hydrogen-bond acceptors (Lipinski definition) is 2. The lowest BCUT2D eigenvalue weighted by Crippen LogP contribution is -2.20. The van der Waals surface area contributed by atoms with Crippen molar-refractivity contribution in [1.82, 2.24) is 0 Å². The molecule has 2 aliphatic rings. The van der Waals surface area contributed by atoms with E-state index < -0.39 is 11.6 Å². The molecule has 2 saturated carbocycles. The molecule has 2 aromatic rings. The Labute approximate surface area is 207 Å². The highest BCUT2D eigenvalue weighted by Gasteiger charge is 2.28. The van der Waals surface area contributed by atoms with E-state index in [1.54, 1.807) is 12.1 Å². The number of allylic oxidation sites excluding steroid dienone is 2. The van der Waals surface area contributed by atoms with Gasteiger partial charge in [0.15, 0.2) is 11.6 Å². The molecule has 2 nitrogen and oxygen atoms in total. The van der Waals surface area contributed by atoms with Crippen LogP contribution in [0.1, 0.15) is 88.2 Å². The topological polar surface area (TPSA) is 18.5 Å². The van der Waals surface area contributed by atoms with E-state index in [4.69, 9.17) is 9.47 Å². The number of halogens is 3. The van der Waals surface area contributed by atoms with Gasteiger partial charge in [-0.05, 0) is 112 Å². The van der Waals surface area contributed by atoms with Crippen molar-refractivity contribution in [3.63, 3.8) is 0 Å². The van der Waals surface area contributed by atoms with Crippen LogP contribution in [-0.2, 0) is 0 Å². The van der Waals surface area contributed by atoms with E-state index in [1.165, 1.54) is 6.07 Å². The van der Waals surface area contributed by atoms with Crippen LogP contribution in [-0.4, -0.2) is 13.2 Å². The summed E-state index contributed by atoms with van der Waals surface area (Å²) in [5.74, 6) is -0.269. The number of benzene rings is 2. The molecule has 0 radical (unpaired) electrons. The highest BCUT2D eigenvalue weighted by molar-refractivity contribution is 5.34. The maximum absolute atomic E-state index is 14.9. The third-order valence-corrected chi connectivity index (χ3v) is 7.80. The zero-order valence-corrected chi connectivity index (χ0v) is 20.9. The minimum Gasteiger partial charge on any atom is -0.494 e. The lowest BCUT2D eigenvalue weighted by Gasteiger charge is -2.29. The molecule has 0 saturated heterocycles. The Morgan fingerprint density at radius 1 is 0.800 bits per heavy atom. The lowest BCUT2D eigenvalue weighted by molar-refractivity contribution is 0.191. The first kappa shape index (κ1) is 25.7. The van der Waals surface area contributed by atoms with Crippen LogP contribution in [0, 0.1) is 29.3 Å². The summed E-state index contributed by atoms with van der Waals surface area (Å²) in [6.07, 6.45) is 11.5. The third-order valence-electron chi connectivity index (χ3n) is 7.80. The van der Waals surface area contributed by atoms with E-state index in [2.05, 4.69) is 12.2 Å². The van der Waals surface area contributed by atoms with E-state index in [9.17, 15) is 13.2 Å². The summed E-state index contributed by atoms with van der Waals surface area (Å²) in [5.41, 5.74) is 1.21. The Morgan fingerprint density at radius 3 is 2.11 bits per heavy atom. The second-order valence-corrected chi connectivity index (χ2v) is 10.1. The number of hydrogen-bond donors (Lipinski definition) is 0. The minimum atomic E-state index is -0.872. The third kappa shape index (κ3) is 6.23. The predicted octanol–water partition coefficient (Wildman–Crippen LogP) is 8.71. The van der Waals surface area contributed by atoms with Crippen molar-refractivity contribution < 1.29 is 22.6 Å². The molecule has 2 aromatic carbocycles. The van der Waals surface area contributed by atoms with E-state index >= 15 is 0 Å².